The SMILES string of the molecule is CCn1c(C(=O)N2CCN(Cc3ccccc3)CC2)cc2sc(Br)cc21. The molecule has 26 heavy (non-hydrogen) atoms. The van der Waals surface area contributed by atoms with E-state index in [0.29, 0.717) is 0 Å². The molecule has 0 bridgehead atoms. The van der Waals surface area contributed by atoms with E-state index < -0.39 is 0 Å². The Morgan fingerprint density at radius 3 is 2.54 bits per heavy atom. The van der Waals surface area contributed by atoms with Crippen LogP contribution in [0.3, 0.4) is 0 Å². The number of amides is 1. The van der Waals surface area contributed by atoms with Gasteiger partial charge in [-0.1, -0.05) is 30.3 Å². The van der Waals surface area contributed by atoms with Crippen LogP contribution in [0.4, 0.5) is 0 Å². The maximum Gasteiger partial charge on any atom is 0.270 e. The highest BCUT2D eigenvalue weighted by molar-refractivity contribution is 9.11. The van der Waals surface area contributed by atoms with Crippen LogP contribution in [0.1, 0.15) is 23.0 Å². The first-order valence-electron chi connectivity index (χ1n) is 9.00. The molecular formula is C20H22BrN3OS. The van der Waals surface area contributed by atoms with E-state index >= 15 is 0 Å². The third kappa shape index (κ3) is 3.46. The molecule has 2 aromatic heterocycles. The zero-order chi connectivity index (χ0) is 18.1. The van der Waals surface area contributed by atoms with Crippen molar-refractivity contribution >= 4 is 43.4 Å². The van der Waals surface area contributed by atoms with Gasteiger partial charge < -0.3 is 9.47 Å². The Labute approximate surface area is 166 Å². The first-order chi connectivity index (χ1) is 12.7. The van der Waals surface area contributed by atoms with E-state index in [1.807, 2.05) is 17.0 Å². The van der Waals surface area contributed by atoms with Crippen LogP contribution in [-0.4, -0.2) is 46.5 Å². The van der Waals surface area contributed by atoms with Gasteiger partial charge in [0, 0.05) is 39.3 Å². The third-order valence-electron chi connectivity index (χ3n) is 5.00. The summed E-state index contributed by atoms with van der Waals surface area (Å²) in [5.74, 6) is 0.158. The highest BCUT2D eigenvalue weighted by Gasteiger charge is 2.25. The lowest BCUT2D eigenvalue weighted by molar-refractivity contribution is 0.0618. The lowest BCUT2D eigenvalue weighted by atomic mass is 10.2. The van der Waals surface area contributed by atoms with Crippen LogP contribution in [0.15, 0.2) is 46.3 Å². The second-order valence-electron chi connectivity index (χ2n) is 6.63. The van der Waals surface area contributed by atoms with Gasteiger partial charge >= 0.3 is 0 Å². The average Bonchev–Trinajstić information content (AvgIpc) is 3.18. The van der Waals surface area contributed by atoms with Crippen LogP contribution < -0.4 is 0 Å². The largest absolute Gasteiger partial charge is 0.336 e. The number of hydrogen-bond acceptors (Lipinski definition) is 3. The molecule has 0 saturated carbocycles. The van der Waals surface area contributed by atoms with Crippen LogP contribution in [0.5, 0.6) is 0 Å². The minimum absolute atomic E-state index is 0.158. The molecule has 1 amide bonds. The molecule has 3 aromatic rings. The molecule has 0 aliphatic carbocycles. The maximum absolute atomic E-state index is 13.1. The summed E-state index contributed by atoms with van der Waals surface area (Å²) < 4.78 is 4.41. The highest BCUT2D eigenvalue weighted by atomic mass is 79.9. The molecule has 1 saturated heterocycles. The van der Waals surface area contributed by atoms with Gasteiger partial charge in [0.2, 0.25) is 0 Å². The highest BCUT2D eigenvalue weighted by Crippen LogP contribution is 2.33. The molecule has 4 rings (SSSR count). The minimum atomic E-state index is 0.158. The number of benzene rings is 1. The molecule has 3 heterocycles. The molecule has 0 unspecified atom stereocenters. The van der Waals surface area contributed by atoms with Gasteiger partial charge in [0.15, 0.2) is 0 Å². The fourth-order valence-corrected chi connectivity index (χ4v) is 5.21. The summed E-state index contributed by atoms with van der Waals surface area (Å²) in [5.41, 5.74) is 3.30. The van der Waals surface area contributed by atoms with E-state index in [9.17, 15) is 4.79 Å². The average molecular weight is 432 g/mol. The predicted molar refractivity (Wildman–Crippen MR) is 111 cm³/mol. The molecule has 1 fully saturated rings. The third-order valence-corrected chi connectivity index (χ3v) is 6.58. The molecule has 0 spiro atoms. The summed E-state index contributed by atoms with van der Waals surface area (Å²) in [5, 5.41) is 0. The number of aryl methyl sites for hydroxylation is 1. The van der Waals surface area contributed by atoms with Gasteiger partial charge in [-0.15, -0.1) is 11.3 Å². The fourth-order valence-electron chi connectivity index (χ4n) is 3.64. The quantitative estimate of drug-likeness (QED) is 0.610. The summed E-state index contributed by atoms with van der Waals surface area (Å²) in [6.07, 6.45) is 0. The van der Waals surface area contributed by atoms with Gasteiger partial charge in [-0.05, 0) is 40.5 Å². The van der Waals surface area contributed by atoms with Gasteiger partial charge in [0.25, 0.3) is 5.91 Å². The molecule has 1 aliphatic heterocycles. The number of hydrogen-bond donors (Lipinski definition) is 0. The molecule has 0 radical (unpaired) electrons. The van der Waals surface area contributed by atoms with E-state index in [1.54, 1.807) is 11.3 Å². The van der Waals surface area contributed by atoms with Crippen molar-refractivity contribution in [3.05, 3.63) is 57.5 Å². The Morgan fingerprint density at radius 1 is 1.12 bits per heavy atom. The number of fused-ring (bicyclic) bond motifs is 1. The molecular weight excluding hydrogens is 410 g/mol. The second-order valence-corrected chi connectivity index (χ2v) is 9.09. The summed E-state index contributed by atoms with van der Waals surface area (Å²) in [7, 11) is 0. The molecule has 6 heteroatoms. The van der Waals surface area contributed by atoms with E-state index in [4.69, 9.17) is 0 Å². The molecule has 0 atom stereocenters. The molecule has 4 nitrogen and oxygen atoms in total. The number of aromatic nitrogens is 1. The first-order valence-corrected chi connectivity index (χ1v) is 10.6. The van der Waals surface area contributed by atoms with E-state index in [2.05, 4.69) is 62.7 Å². The van der Waals surface area contributed by atoms with Gasteiger partial charge in [-0.25, -0.2) is 0 Å². The van der Waals surface area contributed by atoms with Crippen molar-refractivity contribution in [2.24, 2.45) is 0 Å². The molecule has 136 valence electrons. The zero-order valence-corrected chi connectivity index (χ0v) is 17.2. The van der Waals surface area contributed by atoms with Crippen LogP contribution in [0.2, 0.25) is 0 Å². The second kappa shape index (κ2) is 7.55. The maximum atomic E-state index is 13.1. The monoisotopic (exact) mass is 431 g/mol. The zero-order valence-electron chi connectivity index (χ0n) is 14.8. The van der Waals surface area contributed by atoms with Crippen LogP contribution >= 0.6 is 27.3 Å². The Morgan fingerprint density at radius 2 is 1.85 bits per heavy atom. The Hall–Kier alpha value is -1.63. The van der Waals surface area contributed by atoms with Crippen molar-refractivity contribution in [3.63, 3.8) is 0 Å². The van der Waals surface area contributed by atoms with E-state index in [0.717, 1.165) is 54.3 Å². The smallest absolute Gasteiger partial charge is 0.270 e. The number of halogens is 1. The van der Waals surface area contributed by atoms with Gasteiger partial charge in [0.05, 0.1) is 14.0 Å². The van der Waals surface area contributed by atoms with Crippen molar-refractivity contribution < 1.29 is 4.79 Å². The van der Waals surface area contributed by atoms with Crippen molar-refractivity contribution in [2.45, 2.75) is 20.0 Å². The molecule has 1 aliphatic rings. The topological polar surface area (TPSA) is 28.5 Å². The van der Waals surface area contributed by atoms with E-state index in [-0.39, 0.29) is 5.91 Å². The fraction of sp³-hybridized carbons (Fsp3) is 0.350. The summed E-state index contributed by atoms with van der Waals surface area (Å²) in [4.78, 5) is 17.5. The Kier molecular flexibility index (Phi) is 5.16. The summed E-state index contributed by atoms with van der Waals surface area (Å²) in [6.45, 7) is 7.29. The van der Waals surface area contributed by atoms with Crippen LogP contribution in [0.25, 0.3) is 10.2 Å². The lowest BCUT2D eigenvalue weighted by Crippen LogP contribution is -2.48. The Bertz CT molecular complexity index is 910. The Balaban J connectivity index is 1.44. The number of thiophene rings is 1. The van der Waals surface area contributed by atoms with E-state index in [1.165, 1.54) is 10.3 Å². The first kappa shape index (κ1) is 17.8. The predicted octanol–water partition coefficient (Wildman–Crippen LogP) is 4.44. The van der Waals surface area contributed by atoms with Gasteiger partial charge in [-0.2, -0.15) is 0 Å². The van der Waals surface area contributed by atoms with Crippen molar-refractivity contribution in [2.75, 3.05) is 26.2 Å². The van der Waals surface area contributed by atoms with Gasteiger partial charge in [0.1, 0.15) is 5.69 Å². The van der Waals surface area contributed by atoms with Gasteiger partial charge in [-0.3, -0.25) is 9.69 Å². The van der Waals surface area contributed by atoms with Crippen molar-refractivity contribution in [1.82, 2.24) is 14.4 Å². The number of carbonyl (C=O) groups is 1. The lowest BCUT2D eigenvalue weighted by Gasteiger charge is -2.34. The number of nitrogens with zero attached hydrogens (tertiary/aromatic N) is 3. The number of carbonyl (C=O) groups excluding carboxylic acids is 1. The number of rotatable bonds is 4. The standard InChI is InChI=1S/C20H22BrN3OS/c1-2-24-16-13-19(21)26-18(16)12-17(24)20(25)23-10-8-22(9-11-23)14-15-6-4-3-5-7-15/h3-7,12-13H,2,8-11,14H2,1H3. The summed E-state index contributed by atoms with van der Waals surface area (Å²) in [6, 6.07) is 14.7. The summed E-state index contributed by atoms with van der Waals surface area (Å²) >= 11 is 5.23. The van der Waals surface area contributed by atoms with Crippen LogP contribution in [-0.2, 0) is 13.1 Å². The molecule has 1 aromatic carbocycles. The van der Waals surface area contributed by atoms with Crippen molar-refractivity contribution in [1.29, 1.82) is 0 Å². The normalized spacial score (nSPS) is 15.7. The van der Waals surface area contributed by atoms with Crippen LogP contribution in [0, 0.1) is 0 Å². The number of piperazine rings is 1. The molecule has 0 N–H and O–H groups in total. The minimum Gasteiger partial charge on any atom is -0.336 e. The van der Waals surface area contributed by atoms with Crippen molar-refractivity contribution in [3.8, 4) is 0 Å².